The Balaban J connectivity index is 1.68. The molecule has 1 amide bonds. The minimum absolute atomic E-state index is 0.0268. The first-order valence-corrected chi connectivity index (χ1v) is 10.1. The van der Waals surface area contributed by atoms with Crippen LogP contribution in [0.1, 0.15) is 43.9 Å². The molecule has 164 valence electrons. The van der Waals surface area contributed by atoms with Gasteiger partial charge in [-0.25, -0.2) is 4.98 Å². The molecule has 0 saturated carbocycles. The number of aromatic hydroxyl groups is 1. The van der Waals surface area contributed by atoms with Gasteiger partial charge in [0.25, 0.3) is 0 Å². The highest BCUT2D eigenvalue weighted by Gasteiger charge is 2.32. The Morgan fingerprint density at radius 2 is 1.97 bits per heavy atom. The molecule has 6 nitrogen and oxygen atoms in total. The lowest BCUT2D eigenvalue weighted by atomic mass is 10.00. The number of aromatic nitrogens is 3. The van der Waals surface area contributed by atoms with E-state index in [2.05, 4.69) is 10.1 Å². The zero-order valence-corrected chi connectivity index (χ0v) is 17.4. The van der Waals surface area contributed by atoms with Crippen LogP contribution < -0.4 is 0 Å². The van der Waals surface area contributed by atoms with Crippen molar-refractivity contribution in [1.82, 2.24) is 19.7 Å². The van der Waals surface area contributed by atoms with E-state index in [9.17, 15) is 23.1 Å². The van der Waals surface area contributed by atoms with E-state index < -0.39 is 17.5 Å². The number of carbonyl (C=O) groups excluding carboxylic acids is 1. The summed E-state index contributed by atoms with van der Waals surface area (Å²) >= 11 is 0. The fraction of sp³-hybridized carbons (Fsp3) is 0.409. The van der Waals surface area contributed by atoms with Gasteiger partial charge in [0.2, 0.25) is 5.91 Å². The molecule has 1 N–H and O–H groups in total. The second-order valence-corrected chi connectivity index (χ2v) is 8.24. The van der Waals surface area contributed by atoms with Gasteiger partial charge in [0, 0.05) is 36.2 Å². The van der Waals surface area contributed by atoms with Crippen LogP contribution >= 0.6 is 0 Å². The number of fused-ring (bicyclic) bond motifs is 1. The van der Waals surface area contributed by atoms with Gasteiger partial charge in [0.1, 0.15) is 5.75 Å². The van der Waals surface area contributed by atoms with Crippen LogP contribution in [0.5, 0.6) is 5.75 Å². The molecule has 31 heavy (non-hydrogen) atoms. The van der Waals surface area contributed by atoms with Crippen molar-refractivity contribution in [2.24, 2.45) is 0 Å². The van der Waals surface area contributed by atoms with Crippen LogP contribution in [0.15, 0.2) is 30.5 Å². The number of piperidine rings is 1. The van der Waals surface area contributed by atoms with Gasteiger partial charge in [0.05, 0.1) is 17.3 Å². The Kier molecular flexibility index (Phi) is 5.15. The molecule has 3 heterocycles. The Hall–Kier alpha value is -3.10. The lowest BCUT2D eigenvalue weighted by Crippen LogP contribution is -2.44. The van der Waals surface area contributed by atoms with E-state index in [1.165, 1.54) is 6.92 Å². The van der Waals surface area contributed by atoms with Gasteiger partial charge in [-0.2, -0.15) is 18.3 Å². The second kappa shape index (κ2) is 7.55. The number of hydrogen-bond donors (Lipinski definition) is 1. The zero-order valence-electron chi connectivity index (χ0n) is 17.4. The number of nitrogens with zero attached hydrogens (tertiary/aromatic N) is 4. The fourth-order valence-corrected chi connectivity index (χ4v) is 4.08. The third kappa shape index (κ3) is 3.96. The van der Waals surface area contributed by atoms with Gasteiger partial charge in [-0.1, -0.05) is 0 Å². The highest BCUT2D eigenvalue weighted by molar-refractivity contribution is 5.81. The van der Waals surface area contributed by atoms with Gasteiger partial charge >= 0.3 is 6.18 Å². The van der Waals surface area contributed by atoms with Crippen molar-refractivity contribution in [3.05, 3.63) is 41.6 Å². The summed E-state index contributed by atoms with van der Waals surface area (Å²) in [6, 6.07) is 5.29. The lowest BCUT2D eigenvalue weighted by Gasteiger charge is -2.35. The molecule has 0 aliphatic carbocycles. The Bertz CT molecular complexity index is 1130. The molecule has 1 saturated heterocycles. The van der Waals surface area contributed by atoms with E-state index >= 15 is 0 Å². The average molecular weight is 432 g/mol. The van der Waals surface area contributed by atoms with Crippen LogP contribution in [0.3, 0.4) is 0 Å². The largest absolute Gasteiger partial charge is 0.507 e. The van der Waals surface area contributed by atoms with E-state index in [0.29, 0.717) is 36.8 Å². The predicted molar refractivity (Wildman–Crippen MR) is 109 cm³/mol. The Morgan fingerprint density at radius 3 is 2.61 bits per heavy atom. The van der Waals surface area contributed by atoms with Crippen molar-refractivity contribution in [2.45, 2.75) is 51.9 Å². The minimum atomic E-state index is -4.54. The Labute approximate surface area is 177 Å². The zero-order chi connectivity index (χ0) is 22.5. The summed E-state index contributed by atoms with van der Waals surface area (Å²) in [6.07, 6.45) is -1.54. The van der Waals surface area contributed by atoms with Gasteiger partial charge in [-0.05, 0) is 57.0 Å². The standard InChI is InChI=1S/C22H23F3N4O2/c1-12(2)28-11-16(5-7-19(28)31)29-10-14-4-6-17(26-21(14)27-29)20-13(3)8-15(9-18(20)30)22(23,24)25/h4,6,8-10,12,16,30H,5,7,11H2,1-3H3/t16-/m1/s1. The highest BCUT2D eigenvalue weighted by atomic mass is 19.4. The van der Waals surface area contributed by atoms with Gasteiger partial charge in [-0.3, -0.25) is 9.48 Å². The normalized spacial score (nSPS) is 17.7. The summed E-state index contributed by atoms with van der Waals surface area (Å²) in [6.45, 7) is 6.03. The second-order valence-electron chi connectivity index (χ2n) is 8.24. The number of aryl methyl sites for hydroxylation is 1. The van der Waals surface area contributed by atoms with Crippen molar-refractivity contribution < 1.29 is 23.1 Å². The van der Waals surface area contributed by atoms with Crippen molar-refractivity contribution >= 4 is 16.9 Å². The number of benzene rings is 1. The van der Waals surface area contributed by atoms with Crippen LogP contribution in [0, 0.1) is 6.92 Å². The number of alkyl halides is 3. The first-order valence-electron chi connectivity index (χ1n) is 10.1. The monoisotopic (exact) mass is 432 g/mol. The van der Waals surface area contributed by atoms with Crippen molar-refractivity contribution in [3.63, 3.8) is 0 Å². The predicted octanol–water partition coefficient (Wildman–Crippen LogP) is 4.70. The first kappa shape index (κ1) is 21.1. The number of amides is 1. The summed E-state index contributed by atoms with van der Waals surface area (Å²) in [7, 11) is 0. The molecule has 0 bridgehead atoms. The van der Waals surface area contributed by atoms with Crippen LogP contribution in [0.4, 0.5) is 13.2 Å². The van der Waals surface area contributed by atoms with E-state index in [-0.39, 0.29) is 29.1 Å². The third-order valence-electron chi connectivity index (χ3n) is 5.70. The number of pyridine rings is 1. The number of phenolic OH excluding ortho intramolecular Hbond substituents is 1. The molecule has 4 rings (SSSR count). The van der Waals surface area contributed by atoms with Crippen LogP contribution in [0.25, 0.3) is 22.3 Å². The topological polar surface area (TPSA) is 71.2 Å². The van der Waals surface area contributed by atoms with Crippen molar-refractivity contribution in [1.29, 1.82) is 0 Å². The maximum Gasteiger partial charge on any atom is 0.416 e. The summed E-state index contributed by atoms with van der Waals surface area (Å²) in [5, 5.41) is 15.6. The Morgan fingerprint density at radius 1 is 1.23 bits per heavy atom. The molecule has 1 fully saturated rings. The van der Waals surface area contributed by atoms with Gasteiger partial charge in [0.15, 0.2) is 5.65 Å². The number of phenols is 1. The molecule has 3 aromatic rings. The van der Waals surface area contributed by atoms with E-state index in [0.717, 1.165) is 11.5 Å². The van der Waals surface area contributed by atoms with Crippen LogP contribution in [-0.4, -0.2) is 43.3 Å². The van der Waals surface area contributed by atoms with E-state index in [4.69, 9.17) is 0 Å². The maximum atomic E-state index is 13.0. The first-order chi connectivity index (χ1) is 14.5. The molecule has 1 aliphatic rings. The molecular formula is C22H23F3N4O2. The third-order valence-corrected chi connectivity index (χ3v) is 5.70. The minimum Gasteiger partial charge on any atom is -0.507 e. The SMILES string of the molecule is Cc1cc(C(F)(F)F)cc(O)c1-c1ccc2cn([C@@H]3CCC(=O)N(C(C)C)C3)nc2n1. The van der Waals surface area contributed by atoms with E-state index in [1.807, 2.05) is 29.6 Å². The van der Waals surface area contributed by atoms with Gasteiger partial charge in [-0.15, -0.1) is 0 Å². The smallest absolute Gasteiger partial charge is 0.416 e. The lowest BCUT2D eigenvalue weighted by molar-refractivity contribution is -0.138. The molecule has 2 aromatic heterocycles. The number of hydrogen-bond acceptors (Lipinski definition) is 4. The molecule has 1 atom stereocenters. The average Bonchev–Trinajstić information content (AvgIpc) is 3.10. The van der Waals surface area contributed by atoms with Crippen molar-refractivity contribution in [3.8, 4) is 17.0 Å². The molecular weight excluding hydrogens is 409 g/mol. The number of halogens is 3. The van der Waals surface area contributed by atoms with Gasteiger partial charge < -0.3 is 10.0 Å². The van der Waals surface area contributed by atoms with Crippen LogP contribution in [0.2, 0.25) is 0 Å². The van der Waals surface area contributed by atoms with Crippen molar-refractivity contribution in [2.75, 3.05) is 6.54 Å². The summed E-state index contributed by atoms with van der Waals surface area (Å²) in [4.78, 5) is 18.5. The summed E-state index contributed by atoms with van der Waals surface area (Å²) in [5.41, 5.74) is 0.405. The van der Waals surface area contributed by atoms with Crippen LogP contribution in [-0.2, 0) is 11.0 Å². The molecule has 0 radical (unpaired) electrons. The molecule has 9 heteroatoms. The molecule has 1 aliphatic heterocycles. The number of likely N-dealkylation sites (tertiary alicyclic amines) is 1. The number of carbonyl (C=O) groups is 1. The van der Waals surface area contributed by atoms with E-state index in [1.54, 1.807) is 12.1 Å². The molecule has 0 unspecified atom stereocenters. The highest BCUT2D eigenvalue weighted by Crippen LogP contribution is 2.39. The molecule has 1 aromatic carbocycles. The maximum absolute atomic E-state index is 13.0. The summed E-state index contributed by atoms with van der Waals surface area (Å²) in [5.74, 6) is -0.339. The number of rotatable bonds is 3. The fourth-order valence-electron chi connectivity index (χ4n) is 4.08. The quantitative estimate of drug-likeness (QED) is 0.651. The summed E-state index contributed by atoms with van der Waals surface area (Å²) < 4.78 is 40.8. The molecule has 0 spiro atoms.